The van der Waals surface area contributed by atoms with Crippen LogP contribution in [-0.4, -0.2) is 35.9 Å². The maximum Gasteiger partial charge on any atom is 0.261 e. The summed E-state index contributed by atoms with van der Waals surface area (Å²) < 4.78 is 20.1. The van der Waals surface area contributed by atoms with Gasteiger partial charge in [-0.05, 0) is 37.0 Å². The molecule has 0 aliphatic carbocycles. The molecule has 0 aliphatic rings. The summed E-state index contributed by atoms with van der Waals surface area (Å²) in [4.78, 5) is 27.1. The van der Waals surface area contributed by atoms with Gasteiger partial charge in [0.1, 0.15) is 17.6 Å². The number of benzene rings is 2. The lowest BCUT2D eigenvalue weighted by atomic mass is 10.0. The van der Waals surface area contributed by atoms with Crippen LogP contribution in [0.25, 0.3) is 0 Å². The first-order valence-electron chi connectivity index (χ1n) is 10.9. The van der Waals surface area contributed by atoms with Gasteiger partial charge < -0.3 is 15.0 Å². The number of carbonyl (C=O) groups excluding carboxylic acids is 2. The first-order chi connectivity index (χ1) is 14.8. The first kappa shape index (κ1) is 24.4. The number of rotatable bonds is 11. The van der Waals surface area contributed by atoms with Gasteiger partial charge in [0.2, 0.25) is 5.91 Å². The summed E-state index contributed by atoms with van der Waals surface area (Å²) in [5, 5.41) is 2.85. The van der Waals surface area contributed by atoms with Crippen molar-refractivity contribution in [3.63, 3.8) is 0 Å². The lowest BCUT2D eigenvalue weighted by molar-refractivity contribution is -0.142. The van der Waals surface area contributed by atoms with Crippen LogP contribution in [0.4, 0.5) is 4.39 Å². The second kappa shape index (κ2) is 12.1. The summed E-state index contributed by atoms with van der Waals surface area (Å²) in [6.07, 6.45) is 1.81. The molecule has 1 N–H and O–H groups in total. The Bertz CT molecular complexity index is 869. The Labute approximate surface area is 184 Å². The SMILES string of the molecule is CCCCNC(=O)[C@H](C)N(Cc1ccccc1F)C(=O)COc1ccccc1C(C)C. The maximum atomic E-state index is 14.2. The molecule has 2 aromatic carbocycles. The second-order valence-electron chi connectivity index (χ2n) is 7.91. The number of amides is 2. The number of hydrogen-bond acceptors (Lipinski definition) is 3. The molecule has 0 unspecified atom stereocenters. The van der Waals surface area contributed by atoms with Gasteiger partial charge in [-0.2, -0.15) is 0 Å². The Balaban J connectivity index is 2.17. The number of ether oxygens (including phenoxy) is 1. The van der Waals surface area contributed by atoms with Crippen LogP contribution >= 0.6 is 0 Å². The van der Waals surface area contributed by atoms with Crippen molar-refractivity contribution >= 4 is 11.8 Å². The highest BCUT2D eigenvalue weighted by molar-refractivity contribution is 5.88. The van der Waals surface area contributed by atoms with Crippen molar-refractivity contribution in [2.75, 3.05) is 13.2 Å². The van der Waals surface area contributed by atoms with E-state index in [0.29, 0.717) is 17.9 Å². The molecule has 0 radical (unpaired) electrons. The fourth-order valence-corrected chi connectivity index (χ4v) is 3.24. The van der Waals surface area contributed by atoms with E-state index in [1.165, 1.54) is 11.0 Å². The maximum absolute atomic E-state index is 14.2. The van der Waals surface area contributed by atoms with Gasteiger partial charge in [-0.25, -0.2) is 4.39 Å². The molecule has 0 aliphatic heterocycles. The normalized spacial score (nSPS) is 11.8. The molecule has 0 saturated carbocycles. The van der Waals surface area contributed by atoms with E-state index in [4.69, 9.17) is 4.74 Å². The van der Waals surface area contributed by atoms with Crippen LogP contribution in [0.2, 0.25) is 0 Å². The second-order valence-corrected chi connectivity index (χ2v) is 7.91. The smallest absolute Gasteiger partial charge is 0.261 e. The molecule has 0 saturated heterocycles. The van der Waals surface area contributed by atoms with Crippen molar-refractivity contribution in [1.82, 2.24) is 10.2 Å². The zero-order chi connectivity index (χ0) is 22.8. The molecule has 1 atom stereocenters. The van der Waals surface area contributed by atoms with Crippen molar-refractivity contribution in [2.24, 2.45) is 0 Å². The van der Waals surface area contributed by atoms with Gasteiger partial charge in [-0.3, -0.25) is 9.59 Å². The van der Waals surface area contributed by atoms with Crippen molar-refractivity contribution < 1.29 is 18.7 Å². The van der Waals surface area contributed by atoms with E-state index in [1.54, 1.807) is 25.1 Å². The summed E-state index contributed by atoms with van der Waals surface area (Å²) in [5.74, 6) is -0.175. The van der Waals surface area contributed by atoms with Gasteiger partial charge in [-0.1, -0.05) is 63.6 Å². The zero-order valence-corrected chi connectivity index (χ0v) is 18.9. The van der Waals surface area contributed by atoms with Crippen molar-refractivity contribution in [2.45, 2.75) is 59.0 Å². The largest absolute Gasteiger partial charge is 0.483 e. The quantitative estimate of drug-likeness (QED) is 0.530. The van der Waals surface area contributed by atoms with Crippen LogP contribution in [0.5, 0.6) is 5.75 Å². The molecule has 168 valence electrons. The van der Waals surface area contributed by atoms with E-state index in [1.807, 2.05) is 31.2 Å². The summed E-state index contributed by atoms with van der Waals surface area (Å²) in [5.41, 5.74) is 1.35. The van der Waals surface area contributed by atoms with E-state index in [2.05, 4.69) is 19.2 Å². The van der Waals surface area contributed by atoms with Crippen LogP contribution in [0.3, 0.4) is 0 Å². The number of unbranched alkanes of at least 4 members (excludes halogenated alkanes) is 1. The molecule has 0 spiro atoms. The predicted molar refractivity (Wildman–Crippen MR) is 120 cm³/mol. The van der Waals surface area contributed by atoms with E-state index in [0.717, 1.165) is 18.4 Å². The number of carbonyl (C=O) groups is 2. The van der Waals surface area contributed by atoms with Crippen molar-refractivity contribution in [1.29, 1.82) is 0 Å². The fraction of sp³-hybridized carbons (Fsp3) is 0.440. The fourth-order valence-electron chi connectivity index (χ4n) is 3.24. The lowest BCUT2D eigenvalue weighted by Gasteiger charge is -2.29. The number of nitrogens with zero attached hydrogens (tertiary/aromatic N) is 1. The van der Waals surface area contributed by atoms with Crippen molar-refractivity contribution in [3.8, 4) is 5.75 Å². The average molecular weight is 429 g/mol. The molecular formula is C25H33FN2O3. The molecule has 0 aromatic heterocycles. The highest BCUT2D eigenvalue weighted by atomic mass is 19.1. The van der Waals surface area contributed by atoms with Gasteiger partial charge in [-0.15, -0.1) is 0 Å². The molecular weight excluding hydrogens is 395 g/mol. The molecule has 0 fully saturated rings. The third-order valence-electron chi connectivity index (χ3n) is 5.19. The minimum Gasteiger partial charge on any atom is -0.483 e. The van der Waals surface area contributed by atoms with Crippen LogP contribution in [0.1, 0.15) is 57.6 Å². The minimum atomic E-state index is -0.757. The summed E-state index contributed by atoms with van der Waals surface area (Å²) in [7, 11) is 0. The first-order valence-corrected chi connectivity index (χ1v) is 10.9. The Morgan fingerprint density at radius 2 is 1.74 bits per heavy atom. The Kier molecular flexibility index (Phi) is 9.50. The van der Waals surface area contributed by atoms with Gasteiger partial charge in [0.05, 0.1) is 0 Å². The highest BCUT2D eigenvalue weighted by Gasteiger charge is 2.27. The minimum absolute atomic E-state index is 0.0109. The predicted octanol–water partition coefficient (Wildman–Crippen LogP) is 4.66. The zero-order valence-electron chi connectivity index (χ0n) is 18.9. The van der Waals surface area contributed by atoms with E-state index in [9.17, 15) is 14.0 Å². The van der Waals surface area contributed by atoms with Gasteiger partial charge in [0.15, 0.2) is 6.61 Å². The van der Waals surface area contributed by atoms with E-state index in [-0.39, 0.29) is 30.9 Å². The van der Waals surface area contributed by atoms with Gasteiger partial charge >= 0.3 is 0 Å². The number of nitrogens with one attached hydrogen (secondary N) is 1. The van der Waals surface area contributed by atoms with Crippen molar-refractivity contribution in [3.05, 3.63) is 65.5 Å². The van der Waals surface area contributed by atoms with E-state index >= 15 is 0 Å². The van der Waals surface area contributed by atoms with Crippen LogP contribution in [0, 0.1) is 5.82 Å². The third kappa shape index (κ3) is 7.09. The van der Waals surface area contributed by atoms with Crippen LogP contribution < -0.4 is 10.1 Å². The summed E-state index contributed by atoms with van der Waals surface area (Å²) in [6, 6.07) is 13.1. The number of hydrogen-bond donors (Lipinski definition) is 1. The monoisotopic (exact) mass is 428 g/mol. The Hall–Kier alpha value is -2.89. The molecule has 2 amide bonds. The summed E-state index contributed by atoms with van der Waals surface area (Å²) in [6.45, 7) is 8.10. The number of para-hydroxylation sites is 1. The average Bonchev–Trinajstić information content (AvgIpc) is 2.76. The third-order valence-corrected chi connectivity index (χ3v) is 5.19. The molecule has 6 heteroatoms. The molecule has 31 heavy (non-hydrogen) atoms. The molecule has 2 rings (SSSR count). The summed E-state index contributed by atoms with van der Waals surface area (Å²) >= 11 is 0. The number of halogens is 1. The highest BCUT2D eigenvalue weighted by Crippen LogP contribution is 2.26. The lowest BCUT2D eigenvalue weighted by Crippen LogP contribution is -2.49. The van der Waals surface area contributed by atoms with Crippen LogP contribution in [0.15, 0.2) is 48.5 Å². The Morgan fingerprint density at radius 3 is 2.42 bits per heavy atom. The van der Waals surface area contributed by atoms with Gasteiger partial charge in [0, 0.05) is 18.7 Å². The molecule has 0 heterocycles. The Morgan fingerprint density at radius 1 is 1.06 bits per heavy atom. The van der Waals surface area contributed by atoms with E-state index < -0.39 is 11.9 Å². The molecule has 2 aromatic rings. The van der Waals surface area contributed by atoms with Crippen LogP contribution in [-0.2, 0) is 16.1 Å². The standard InChI is InChI=1S/C25H33FN2O3/c1-5-6-15-27-25(30)19(4)28(16-20-11-7-9-13-22(20)26)24(29)17-31-23-14-10-8-12-21(23)18(2)3/h7-14,18-19H,5-6,15-17H2,1-4H3,(H,27,30)/t19-/m0/s1. The van der Waals surface area contributed by atoms with Gasteiger partial charge in [0.25, 0.3) is 5.91 Å². The topological polar surface area (TPSA) is 58.6 Å². The molecule has 0 bridgehead atoms. The molecule has 5 nitrogen and oxygen atoms in total.